The third kappa shape index (κ3) is 4.51. The predicted octanol–water partition coefficient (Wildman–Crippen LogP) is 3.29. The van der Waals surface area contributed by atoms with Crippen LogP contribution < -0.4 is 5.32 Å². The van der Waals surface area contributed by atoms with Crippen LogP contribution in [0.3, 0.4) is 0 Å². The highest BCUT2D eigenvalue weighted by Crippen LogP contribution is 2.34. The minimum atomic E-state index is -4.69. The summed E-state index contributed by atoms with van der Waals surface area (Å²) >= 11 is 0. The van der Waals surface area contributed by atoms with Crippen LogP contribution in [0.1, 0.15) is 35.8 Å². The zero-order chi connectivity index (χ0) is 21.2. The average Bonchev–Trinajstić information content (AvgIpc) is 3.12. The molecule has 1 aromatic carbocycles. The topological polar surface area (TPSA) is 94.2 Å². The molecule has 1 fully saturated rings. The zero-order valence-electron chi connectivity index (χ0n) is 15.6. The van der Waals surface area contributed by atoms with Crippen molar-refractivity contribution >= 4 is 11.7 Å². The summed E-state index contributed by atoms with van der Waals surface area (Å²) in [6, 6.07) is 5.79. The molecule has 1 aliphatic heterocycles. The number of aryl methyl sites for hydroxylation is 1. The SMILES string of the molecule is Cn1nccc1C(O)C1CCN(C(=O)Nc2ccc(C#N)c(C(F)(F)F)c2)CC1. The number of benzene rings is 1. The van der Waals surface area contributed by atoms with Gasteiger partial charge in [0.05, 0.1) is 29.0 Å². The van der Waals surface area contributed by atoms with Crippen molar-refractivity contribution in [1.82, 2.24) is 14.7 Å². The molecule has 29 heavy (non-hydrogen) atoms. The van der Waals surface area contributed by atoms with Crippen molar-refractivity contribution in [3.8, 4) is 6.07 Å². The molecule has 1 unspecified atom stereocenters. The molecule has 10 heteroatoms. The summed E-state index contributed by atoms with van der Waals surface area (Å²) in [5.74, 6) is -0.0406. The molecule has 0 spiro atoms. The van der Waals surface area contributed by atoms with Crippen LogP contribution in [0.5, 0.6) is 0 Å². The Bertz CT molecular complexity index is 927. The molecule has 154 valence electrons. The highest BCUT2D eigenvalue weighted by Gasteiger charge is 2.34. The Balaban J connectivity index is 1.62. The van der Waals surface area contributed by atoms with E-state index in [-0.39, 0.29) is 11.6 Å². The summed E-state index contributed by atoms with van der Waals surface area (Å²) in [4.78, 5) is 13.9. The fourth-order valence-corrected chi connectivity index (χ4v) is 3.49. The van der Waals surface area contributed by atoms with Gasteiger partial charge in [-0.2, -0.15) is 23.5 Å². The van der Waals surface area contributed by atoms with Gasteiger partial charge in [-0.05, 0) is 43.0 Å². The maximum atomic E-state index is 13.1. The number of urea groups is 1. The van der Waals surface area contributed by atoms with Crippen LogP contribution in [-0.2, 0) is 13.2 Å². The first-order valence-corrected chi connectivity index (χ1v) is 9.04. The van der Waals surface area contributed by atoms with Crippen molar-refractivity contribution in [2.45, 2.75) is 25.1 Å². The van der Waals surface area contributed by atoms with Gasteiger partial charge in [0, 0.05) is 32.0 Å². The Morgan fingerprint density at radius 2 is 2.03 bits per heavy atom. The molecule has 1 aliphatic rings. The van der Waals surface area contributed by atoms with E-state index in [0.29, 0.717) is 31.6 Å². The van der Waals surface area contributed by atoms with E-state index in [9.17, 15) is 23.1 Å². The number of nitrogens with zero attached hydrogens (tertiary/aromatic N) is 4. The molecular formula is C19H20F3N5O2. The molecule has 2 heterocycles. The molecule has 1 saturated heterocycles. The van der Waals surface area contributed by atoms with Crippen LogP contribution in [0.2, 0.25) is 0 Å². The number of carbonyl (C=O) groups excluding carboxylic acids is 1. The number of aliphatic hydroxyl groups is 1. The third-order valence-corrected chi connectivity index (χ3v) is 5.13. The van der Waals surface area contributed by atoms with Crippen molar-refractivity contribution in [2.75, 3.05) is 18.4 Å². The van der Waals surface area contributed by atoms with E-state index in [1.807, 2.05) is 0 Å². The lowest BCUT2D eigenvalue weighted by Crippen LogP contribution is -2.42. The smallest absolute Gasteiger partial charge is 0.387 e. The van der Waals surface area contributed by atoms with E-state index in [2.05, 4.69) is 10.4 Å². The lowest BCUT2D eigenvalue weighted by Gasteiger charge is -2.34. The maximum Gasteiger partial charge on any atom is 0.417 e. The quantitative estimate of drug-likeness (QED) is 0.816. The van der Waals surface area contributed by atoms with Gasteiger partial charge in [-0.15, -0.1) is 0 Å². The van der Waals surface area contributed by atoms with E-state index in [4.69, 9.17) is 5.26 Å². The molecule has 3 rings (SSSR count). The lowest BCUT2D eigenvalue weighted by molar-refractivity contribution is -0.137. The largest absolute Gasteiger partial charge is 0.417 e. The number of halogens is 3. The van der Waals surface area contributed by atoms with Gasteiger partial charge >= 0.3 is 12.2 Å². The number of carbonyl (C=O) groups is 1. The van der Waals surface area contributed by atoms with E-state index in [1.165, 1.54) is 17.0 Å². The Kier molecular flexibility index (Phi) is 5.79. The number of aliphatic hydroxyl groups excluding tert-OH is 1. The summed E-state index contributed by atoms with van der Waals surface area (Å²) in [5.41, 5.74) is -0.917. The molecule has 2 aromatic rings. The first-order valence-electron chi connectivity index (χ1n) is 9.04. The number of amides is 2. The molecule has 0 saturated carbocycles. The third-order valence-electron chi connectivity index (χ3n) is 5.13. The second kappa shape index (κ2) is 8.13. The minimum Gasteiger partial charge on any atom is -0.387 e. The first kappa shape index (κ1) is 20.7. The van der Waals surface area contributed by atoms with Gasteiger partial charge in [0.25, 0.3) is 0 Å². The Labute approximate surface area is 165 Å². The number of anilines is 1. The van der Waals surface area contributed by atoms with E-state index in [1.54, 1.807) is 24.0 Å². The summed E-state index contributed by atoms with van der Waals surface area (Å²) in [6.45, 7) is 0.738. The number of piperidine rings is 1. The molecular weight excluding hydrogens is 387 g/mol. The number of nitriles is 1. The van der Waals surface area contributed by atoms with Gasteiger partial charge in [0.1, 0.15) is 0 Å². The van der Waals surface area contributed by atoms with Crippen LogP contribution >= 0.6 is 0 Å². The van der Waals surface area contributed by atoms with Crippen LogP contribution in [0.4, 0.5) is 23.7 Å². The van der Waals surface area contributed by atoms with E-state index < -0.39 is 29.4 Å². The van der Waals surface area contributed by atoms with Gasteiger partial charge in [-0.25, -0.2) is 4.79 Å². The highest BCUT2D eigenvalue weighted by molar-refractivity contribution is 5.89. The van der Waals surface area contributed by atoms with E-state index >= 15 is 0 Å². The number of aromatic nitrogens is 2. The molecule has 0 radical (unpaired) electrons. The molecule has 2 amide bonds. The van der Waals surface area contributed by atoms with Gasteiger partial charge in [0.15, 0.2) is 0 Å². The molecule has 1 atom stereocenters. The second-order valence-corrected chi connectivity index (χ2v) is 6.95. The van der Waals surface area contributed by atoms with E-state index in [0.717, 1.165) is 12.1 Å². The van der Waals surface area contributed by atoms with Gasteiger partial charge in [-0.1, -0.05) is 0 Å². The monoisotopic (exact) mass is 407 g/mol. The van der Waals surface area contributed by atoms with Crippen molar-refractivity contribution in [3.63, 3.8) is 0 Å². The van der Waals surface area contributed by atoms with Crippen molar-refractivity contribution in [3.05, 3.63) is 47.3 Å². The van der Waals surface area contributed by atoms with Crippen LogP contribution in [0.25, 0.3) is 0 Å². The Morgan fingerprint density at radius 1 is 1.34 bits per heavy atom. The molecule has 0 bridgehead atoms. The number of hydrogen-bond donors (Lipinski definition) is 2. The molecule has 7 nitrogen and oxygen atoms in total. The fraction of sp³-hybridized carbons (Fsp3) is 0.421. The van der Waals surface area contributed by atoms with Gasteiger partial charge < -0.3 is 15.3 Å². The number of hydrogen-bond acceptors (Lipinski definition) is 4. The fourth-order valence-electron chi connectivity index (χ4n) is 3.49. The number of nitrogens with one attached hydrogen (secondary N) is 1. The van der Waals surface area contributed by atoms with Crippen LogP contribution in [0, 0.1) is 17.2 Å². The lowest BCUT2D eigenvalue weighted by atomic mass is 9.89. The standard InChI is InChI=1S/C19H20F3N5O2/c1-26-16(4-7-24-26)17(28)12-5-8-27(9-6-12)18(29)25-14-3-2-13(11-23)15(10-14)19(20,21)22/h2-4,7,10,12,17,28H,5-6,8-9H2,1H3,(H,25,29). The predicted molar refractivity (Wildman–Crippen MR) is 97.6 cm³/mol. The molecule has 0 aliphatic carbocycles. The second-order valence-electron chi connectivity index (χ2n) is 6.95. The number of rotatable bonds is 3. The van der Waals surface area contributed by atoms with Crippen molar-refractivity contribution < 1.29 is 23.1 Å². The maximum absolute atomic E-state index is 13.1. The van der Waals surface area contributed by atoms with Gasteiger partial charge in [-0.3, -0.25) is 4.68 Å². The van der Waals surface area contributed by atoms with Crippen LogP contribution in [0.15, 0.2) is 30.5 Å². The summed E-state index contributed by atoms with van der Waals surface area (Å²) < 4.78 is 40.8. The van der Waals surface area contributed by atoms with Crippen molar-refractivity contribution in [1.29, 1.82) is 5.26 Å². The summed E-state index contributed by atoms with van der Waals surface area (Å²) in [6.07, 6.45) is -2.66. The average molecular weight is 407 g/mol. The zero-order valence-corrected chi connectivity index (χ0v) is 15.6. The molecule has 2 N–H and O–H groups in total. The van der Waals surface area contributed by atoms with Gasteiger partial charge in [0.2, 0.25) is 0 Å². The number of likely N-dealkylation sites (tertiary alicyclic amines) is 1. The van der Waals surface area contributed by atoms with Crippen molar-refractivity contribution in [2.24, 2.45) is 13.0 Å². The summed E-state index contributed by atoms with van der Waals surface area (Å²) in [5, 5.41) is 25.9. The Hall–Kier alpha value is -3.06. The highest BCUT2D eigenvalue weighted by atomic mass is 19.4. The van der Waals surface area contributed by atoms with Crippen LogP contribution in [-0.4, -0.2) is 38.9 Å². The number of alkyl halides is 3. The normalized spacial score (nSPS) is 16.3. The summed E-state index contributed by atoms with van der Waals surface area (Å²) in [7, 11) is 1.74. The first-order chi connectivity index (χ1) is 13.7. The minimum absolute atomic E-state index is 0.0293. The Morgan fingerprint density at radius 3 is 2.59 bits per heavy atom. The molecule has 1 aromatic heterocycles.